The van der Waals surface area contributed by atoms with E-state index in [1.54, 1.807) is 0 Å². The number of hydrogen-bond acceptors (Lipinski definition) is 2. The van der Waals surface area contributed by atoms with E-state index >= 15 is 0 Å². The maximum absolute atomic E-state index is 10.7. The first kappa shape index (κ1) is 21.3. The maximum Gasteiger partial charge on any atom is 0.303 e. The predicted octanol–water partition coefficient (Wildman–Crippen LogP) is 6.57. The summed E-state index contributed by atoms with van der Waals surface area (Å²) in [4.78, 5) is 10.7. The molecule has 1 unspecified atom stereocenters. The molecule has 2 aliphatic carbocycles. The van der Waals surface area contributed by atoms with Gasteiger partial charge in [-0.2, -0.15) is 5.26 Å². The van der Waals surface area contributed by atoms with Crippen LogP contribution in [0.15, 0.2) is 0 Å². The van der Waals surface area contributed by atoms with Crippen LogP contribution < -0.4 is 0 Å². The normalized spacial score (nSPS) is 33.3. The zero-order chi connectivity index (χ0) is 19.0. The molecule has 1 atom stereocenters. The summed E-state index contributed by atoms with van der Waals surface area (Å²) >= 11 is 0. The van der Waals surface area contributed by atoms with Crippen LogP contribution in [-0.2, 0) is 4.79 Å². The van der Waals surface area contributed by atoms with Gasteiger partial charge in [-0.05, 0) is 75.0 Å². The Morgan fingerprint density at radius 2 is 1.73 bits per heavy atom. The van der Waals surface area contributed by atoms with Gasteiger partial charge in [0, 0.05) is 6.42 Å². The third-order valence-electron chi connectivity index (χ3n) is 7.64. The average molecular weight is 362 g/mol. The van der Waals surface area contributed by atoms with Crippen LogP contribution in [-0.4, -0.2) is 11.1 Å². The van der Waals surface area contributed by atoms with Gasteiger partial charge in [-0.3, -0.25) is 4.79 Å². The van der Waals surface area contributed by atoms with E-state index in [0.29, 0.717) is 12.3 Å². The number of aliphatic carboxylic acids is 1. The zero-order valence-corrected chi connectivity index (χ0v) is 17.0. The van der Waals surface area contributed by atoms with Gasteiger partial charge in [0.25, 0.3) is 0 Å². The van der Waals surface area contributed by atoms with E-state index in [9.17, 15) is 10.1 Å². The maximum atomic E-state index is 10.7. The number of unbranched alkanes of at least 4 members (excludes halogenated alkanes) is 1. The molecule has 0 heterocycles. The monoisotopic (exact) mass is 361 g/mol. The fraction of sp³-hybridized carbons (Fsp3) is 0.913. The van der Waals surface area contributed by atoms with Gasteiger partial charge in [-0.1, -0.05) is 46.0 Å². The molecule has 0 bridgehead atoms. The van der Waals surface area contributed by atoms with Gasteiger partial charge in [0.05, 0.1) is 11.5 Å². The summed E-state index contributed by atoms with van der Waals surface area (Å²) in [6.07, 6.45) is 16.1. The Bertz CT molecular complexity index is 465. The van der Waals surface area contributed by atoms with Gasteiger partial charge in [0.1, 0.15) is 0 Å². The molecule has 2 fully saturated rings. The lowest BCUT2D eigenvalue weighted by molar-refractivity contribution is -0.137. The van der Waals surface area contributed by atoms with Crippen molar-refractivity contribution in [3.05, 3.63) is 0 Å². The summed E-state index contributed by atoms with van der Waals surface area (Å²) < 4.78 is 0. The van der Waals surface area contributed by atoms with E-state index in [4.69, 9.17) is 5.11 Å². The molecule has 3 heteroatoms. The largest absolute Gasteiger partial charge is 0.481 e. The molecule has 1 N–H and O–H groups in total. The minimum Gasteiger partial charge on any atom is -0.481 e. The van der Waals surface area contributed by atoms with Crippen LogP contribution in [0.2, 0.25) is 0 Å². The number of rotatable bonds is 9. The third kappa shape index (κ3) is 5.73. The highest BCUT2D eigenvalue weighted by Gasteiger charge is 2.41. The van der Waals surface area contributed by atoms with Gasteiger partial charge >= 0.3 is 5.97 Å². The Kier molecular flexibility index (Phi) is 8.45. The quantitative estimate of drug-likeness (QED) is 0.505. The van der Waals surface area contributed by atoms with Crippen molar-refractivity contribution >= 4 is 5.97 Å². The third-order valence-corrected chi connectivity index (χ3v) is 7.64. The minimum atomic E-state index is -0.721. The summed E-state index contributed by atoms with van der Waals surface area (Å²) in [7, 11) is 0. The molecule has 0 amide bonds. The van der Waals surface area contributed by atoms with E-state index < -0.39 is 5.97 Å². The number of carboxylic acid groups (broad SMARTS) is 1. The van der Waals surface area contributed by atoms with Crippen molar-refractivity contribution in [3.63, 3.8) is 0 Å². The van der Waals surface area contributed by atoms with E-state index in [0.717, 1.165) is 37.0 Å². The molecule has 2 aliphatic rings. The number of hydrogen-bond donors (Lipinski definition) is 1. The first-order valence-electron chi connectivity index (χ1n) is 11.1. The molecule has 0 aliphatic heterocycles. The van der Waals surface area contributed by atoms with Crippen LogP contribution in [0.5, 0.6) is 0 Å². The fourth-order valence-electron chi connectivity index (χ4n) is 5.62. The van der Waals surface area contributed by atoms with Crippen molar-refractivity contribution in [2.24, 2.45) is 29.1 Å². The first-order chi connectivity index (χ1) is 12.5. The van der Waals surface area contributed by atoms with Gasteiger partial charge in [-0.15, -0.1) is 0 Å². The SMILES string of the molecule is CCCCC1CCC(C2CCC(C#N)(C(C)CCCC(=O)O)CC2)CC1. The Hall–Kier alpha value is -1.04. The Balaban J connectivity index is 1.78. The van der Waals surface area contributed by atoms with Crippen LogP contribution in [0.25, 0.3) is 0 Å². The molecule has 2 saturated carbocycles. The van der Waals surface area contributed by atoms with Crippen molar-refractivity contribution in [2.45, 2.75) is 104 Å². The molecule has 0 spiro atoms. The molecular weight excluding hydrogens is 322 g/mol. The van der Waals surface area contributed by atoms with Crippen LogP contribution in [0.3, 0.4) is 0 Å². The molecule has 0 saturated heterocycles. The number of nitriles is 1. The summed E-state index contributed by atoms with van der Waals surface area (Å²) in [6, 6.07) is 2.66. The fourth-order valence-corrected chi connectivity index (χ4v) is 5.62. The summed E-state index contributed by atoms with van der Waals surface area (Å²) in [6.45, 7) is 4.46. The van der Waals surface area contributed by atoms with Crippen molar-refractivity contribution in [3.8, 4) is 6.07 Å². The van der Waals surface area contributed by atoms with Gasteiger partial charge in [0.15, 0.2) is 0 Å². The lowest BCUT2D eigenvalue weighted by atomic mass is 9.60. The van der Waals surface area contributed by atoms with E-state index in [2.05, 4.69) is 19.9 Å². The smallest absolute Gasteiger partial charge is 0.303 e. The van der Waals surface area contributed by atoms with Gasteiger partial charge < -0.3 is 5.11 Å². The Morgan fingerprint density at radius 1 is 1.12 bits per heavy atom. The Labute approximate surface area is 160 Å². The number of nitrogens with zero attached hydrogens (tertiary/aromatic N) is 1. The van der Waals surface area contributed by atoms with Gasteiger partial charge in [-0.25, -0.2) is 0 Å². The topological polar surface area (TPSA) is 61.1 Å². The molecule has 0 radical (unpaired) electrons. The number of carboxylic acids is 1. The summed E-state index contributed by atoms with van der Waals surface area (Å²) in [5.74, 6) is 2.29. The second-order valence-corrected chi connectivity index (χ2v) is 9.22. The zero-order valence-electron chi connectivity index (χ0n) is 17.0. The van der Waals surface area contributed by atoms with Crippen molar-refractivity contribution < 1.29 is 9.90 Å². The molecule has 2 rings (SSSR count). The van der Waals surface area contributed by atoms with Crippen LogP contribution in [0.4, 0.5) is 0 Å². The van der Waals surface area contributed by atoms with Crippen LogP contribution in [0, 0.1) is 40.4 Å². The second-order valence-electron chi connectivity index (χ2n) is 9.22. The lowest BCUT2D eigenvalue weighted by Gasteiger charge is -2.43. The molecule has 3 nitrogen and oxygen atoms in total. The van der Waals surface area contributed by atoms with E-state index in [-0.39, 0.29) is 11.8 Å². The van der Waals surface area contributed by atoms with Crippen LogP contribution in [0.1, 0.15) is 104 Å². The van der Waals surface area contributed by atoms with E-state index in [1.165, 1.54) is 57.8 Å². The predicted molar refractivity (Wildman–Crippen MR) is 106 cm³/mol. The lowest BCUT2D eigenvalue weighted by Crippen LogP contribution is -2.35. The van der Waals surface area contributed by atoms with Crippen LogP contribution >= 0.6 is 0 Å². The van der Waals surface area contributed by atoms with Crippen molar-refractivity contribution in [1.82, 2.24) is 0 Å². The number of carbonyl (C=O) groups is 1. The summed E-state index contributed by atoms with van der Waals surface area (Å²) in [5, 5.41) is 18.7. The van der Waals surface area contributed by atoms with Crippen molar-refractivity contribution in [2.75, 3.05) is 0 Å². The molecular formula is C23H39NO2. The second kappa shape index (κ2) is 10.3. The average Bonchev–Trinajstić information content (AvgIpc) is 2.66. The molecule has 0 aromatic carbocycles. The standard InChI is InChI=1S/C23H39NO2/c1-3-4-7-19-9-11-20(12-10-19)21-13-15-23(17-24,16-14-21)18(2)6-5-8-22(25)26/h18-21H,3-16H2,1-2H3,(H,25,26). The van der Waals surface area contributed by atoms with E-state index in [1.807, 2.05) is 0 Å². The molecule has 148 valence electrons. The molecule has 0 aromatic rings. The first-order valence-corrected chi connectivity index (χ1v) is 11.1. The molecule has 26 heavy (non-hydrogen) atoms. The minimum absolute atomic E-state index is 0.201. The highest BCUT2D eigenvalue weighted by molar-refractivity contribution is 5.66. The Morgan fingerprint density at radius 3 is 2.27 bits per heavy atom. The van der Waals surface area contributed by atoms with Gasteiger partial charge in [0.2, 0.25) is 0 Å². The highest BCUT2D eigenvalue weighted by atomic mass is 16.4. The summed E-state index contributed by atoms with van der Waals surface area (Å²) in [5.41, 5.74) is -0.201. The van der Waals surface area contributed by atoms with Crippen molar-refractivity contribution in [1.29, 1.82) is 5.26 Å². The highest BCUT2D eigenvalue weighted by Crippen LogP contribution is 2.49. The molecule has 0 aromatic heterocycles.